The number of rotatable bonds is 9. The second-order valence-corrected chi connectivity index (χ2v) is 6.59. The molecule has 28 heavy (non-hydrogen) atoms. The van der Waals surface area contributed by atoms with Crippen molar-refractivity contribution in [2.24, 2.45) is 17.4 Å². The first-order chi connectivity index (χ1) is 13.2. The Morgan fingerprint density at radius 3 is 2.57 bits per heavy atom. The quantitative estimate of drug-likeness (QED) is 0.426. The van der Waals surface area contributed by atoms with Crippen LogP contribution in [0, 0.1) is 5.92 Å². The summed E-state index contributed by atoms with van der Waals surface area (Å²) in [6, 6.07) is 6.08. The van der Waals surface area contributed by atoms with Gasteiger partial charge in [-0.15, -0.1) is 0 Å². The van der Waals surface area contributed by atoms with Crippen LogP contribution in [0.2, 0.25) is 0 Å². The first kappa shape index (κ1) is 20.7. The van der Waals surface area contributed by atoms with Gasteiger partial charge in [0.05, 0.1) is 7.11 Å². The molecule has 10 nitrogen and oxygen atoms in total. The van der Waals surface area contributed by atoms with Crippen molar-refractivity contribution in [2.45, 2.75) is 26.3 Å². The highest BCUT2D eigenvalue weighted by Gasteiger charge is 2.21. The second-order valence-electron chi connectivity index (χ2n) is 6.59. The van der Waals surface area contributed by atoms with Gasteiger partial charge in [-0.3, -0.25) is 19.4 Å². The Morgan fingerprint density at radius 1 is 1.29 bits per heavy atom. The lowest BCUT2D eigenvalue weighted by atomic mass is 10.0. The molecule has 1 unspecified atom stereocenters. The number of aromatic amines is 1. The number of H-pyrrole nitrogens is 1. The maximum absolute atomic E-state index is 12.4. The highest BCUT2D eigenvalue weighted by Crippen LogP contribution is 2.22. The van der Waals surface area contributed by atoms with E-state index in [2.05, 4.69) is 20.6 Å². The molecular weight excluding hydrogens is 364 g/mol. The number of ether oxygens (including phenoxy) is 1. The first-order valence-electron chi connectivity index (χ1n) is 8.62. The summed E-state index contributed by atoms with van der Waals surface area (Å²) in [6.07, 6.45) is 0.440. The zero-order valence-corrected chi connectivity index (χ0v) is 15.9. The number of nitrogens with one attached hydrogen (secondary N) is 3. The highest BCUT2D eigenvalue weighted by atomic mass is 16.5. The third-order valence-corrected chi connectivity index (χ3v) is 3.86. The van der Waals surface area contributed by atoms with Crippen LogP contribution in [0.5, 0.6) is 5.75 Å². The molecule has 0 aliphatic carbocycles. The zero-order valence-electron chi connectivity index (χ0n) is 15.9. The van der Waals surface area contributed by atoms with Crippen LogP contribution < -0.4 is 32.4 Å². The fraction of sp³-hybridized carbons (Fsp3) is 0.333. The average Bonchev–Trinajstić information content (AvgIpc) is 2.60. The predicted octanol–water partition coefficient (Wildman–Crippen LogP) is 0.933. The Labute approximate surface area is 161 Å². The van der Waals surface area contributed by atoms with Crippen molar-refractivity contribution in [1.29, 1.82) is 0 Å². The molecule has 2 aromatic rings. The fourth-order valence-corrected chi connectivity index (χ4v) is 2.58. The van der Waals surface area contributed by atoms with Gasteiger partial charge in [-0.2, -0.15) is 4.98 Å². The Bertz CT molecular complexity index is 925. The van der Waals surface area contributed by atoms with E-state index >= 15 is 0 Å². The van der Waals surface area contributed by atoms with Crippen LogP contribution in [-0.4, -0.2) is 34.9 Å². The van der Waals surface area contributed by atoms with Gasteiger partial charge in [-0.05, 0) is 24.5 Å². The molecule has 1 aromatic carbocycles. The van der Waals surface area contributed by atoms with Crippen LogP contribution in [0.1, 0.15) is 30.6 Å². The van der Waals surface area contributed by atoms with Crippen molar-refractivity contribution in [3.05, 3.63) is 40.2 Å². The monoisotopic (exact) mass is 388 g/mol. The summed E-state index contributed by atoms with van der Waals surface area (Å²) in [4.78, 5) is 42.4. The fourth-order valence-electron chi connectivity index (χ4n) is 2.58. The molecule has 0 aliphatic rings. The molecule has 2 amide bonds. The third-order valence-electron chi connectivity index (χ3n) is 3.86. The molecule has 1 atom stereocenters. The minimum Gasteiger partial charge on any atom is -0.497 e. The van der Waals surface area contributed by atoms with E-state index in [1.165, 1.54) is 7.11 Å². The van der Waals surface area contributed by atoms with E-state index in [9.17, 15) is 14.4 Å². The molecule has 0 radical (unpaired) electrons. The highest BCUT2D eigenvalue weighted by molar-refractivity contribution is 5.98. The van der Waals surface area contributed by atoms with E-state index in [-0.39, 0.29) is 23.2 Å². The maximum atomic E-state index is 12.4. The molecule has 1 heterocycles. The molecule has 0 saturated heterocycles. The number of amides is 2. The Kier molecular flexibility index (Phi) is 6.59. The molecule has 2 rings (SSSR count). The third kappa shape index (κ3) is 5.22. The van der Waals surface area contributed by atoms with Crippen molar-refractivity contribution in [3.63, 3.8) is 0 Å². The smallest absolute Gasteiger partial charge is 0.267 e. The van der Waals surface area contributed by atoms with Crippen LogP contribution in [0.25, 0.3) is 0 Å². The number of primary amides is 2. The lowest BCUT2D eigenvalue weighted by molar-refractivity contribution is -0.119. The molecule has 0 bridgehead atoms. The van der Waals surface area contributed by atoms with Crippen molar-refractivity contribution >= 4 is 29.3 Å². The molecule has 150 valence electrons. The largest absolute Gasteiger partial charge is 0.497 e. The number of hydrogen-bond donors (Lipinski definition) is 5. The second kappa shape index (κ2) is 8.89. The van der Waals surface area contributed by atoms with Crippen LogP contribution in [0.3, 0.4) is 0 Å². The van der Waals surface area contributed by atoms with Gasteiger partial charge in [-0.25, -0.2) is 0 Å². The van der Waals surface area contributed by atoms with E-state index in [1.54, 1.807) is 24.3 Å². The van der Waals surface area contributed by atoms with Gasteiger partial charge in [0.15, 0.2) is 5.82 Å². The van der Waals surface area contributed by atoms with Crippen LogP contribution in [0.15, 0.2) is 29.1 Å². The minimum atomic E-state index is -0.945. The minimum absolute atomic E-state index is 0.00940. The summed E-state index contributed by atoms with van der Waals surface area (Å²) in [5, 5.41) is 5.69. The average molecular weight is 388 g/mol. The summed E-state index contributed by atoms with van der Waals surface area (Å²) >= 11 is 0. The standard InChI is InChI=1S/C18H24N6O4/c1-9(2)7-12(14(19)25)22-18-23-16(13(15(20)26)17(27)24-18)21-10-5-4-6-11(8-10)28-3/h4-6,8-9,12H,7H2,1-3H3,(H2,19,25)(H2,20,26)(H3,21,22,23,24,27). The van der Waals surface area contributed by atoms with Crippen molar-refractivity contribution in [1.82, 2.24) is 9.97 Å². The van der Waals surface area contributed by atoms with Crippen molar-refractivity contribution in [2.75, 3.05) is 17.7 Å². The van der Waals surface area contributed by atoms with Crippen LogP contribution >= 0.6 is 0 Å². The van der Waals surface area contributed by atoms with Gasteiger partial charge in [0.1, 0.15) is 17.4 Å². The van der Waals surface area contributed by atoms with Crippen molar-refractivity contribution in [3.8, 4) is 5.75 Å². The number of carbonyl (C=O) groups is 2. The summed E-state index contributed by atoms with van der Waals surface area (Å²) in [5.41, 5.74) is 10.2. The van der Waals surface area contributed by atoms with E-state index in [0.29, 0.717) is 17.9 Å². The summed E-state index contributed by atoms with van der Waals surface area (Å²) in [6.45, 7) is 3.86. The SMILES string of the molecule is COc1cccc(Nc2nc(NC(CC(C)C)C(N)=O)[nH]c(=O)c2C(N)=O)c1. The van der Waals surface area contributed by atoms with E-state index < -0.39 is 23.4 Å². The molecule has 0 spiro atoms. The van der Waals surface area contributed by atoms with E-state index in [1.807, 2.05) is 13.8 Å². The van der Waals surface area contributed by atoms with Crippen molar-refractivity contribution < 1.29 is 14.3 Å². The van der Waals surface area contributed by atoms with E-state index in [4.69, 9.17) is 16.2 Å². The van der Waals surface area contributed by atoms with Gasteiger partial charge < -0.3 is 26.8 Å². The number of anilines is 3. The summed E-state index contributed by atoms with van der Waals surface area (Å²) in [5.74, 6) is -0.850. The number of benzene rings is 1. The molecular formula is C18H24N6O4. The zero-order chi connectivity index (χ0) is 20.8. The van der Waals surface area contributed by atoms with Gasteiger partial charge >= 0.3 is 0 Å². The molecule has 0 fully saturated rings. The first-order valence-corrected chi connectivity index (χ1v) is 8.62. The molecule has 1 aromatic heterocycles. The summed E-state index contributed by atoms with van der Waals surface area (Å²) in [7, 11) is 1.51. The van der Waals surface area contributed by atoms with E-state index in [0.717, 1.165) is 0 Å². The Hall–Kier alpha value is -3.56. The van der Waals surface area contributed by atoms with Gasteiger partial charge in [0.25, 0.3) is 11.5 Å². The predicted molar refractivity (Wildman–Crippen MR) is 106 cm³/mol. The van der Waals surface area contributed by atoms with Gasteiger partial charge in [0.2, 0.25) is 11.9 Å². The molecule has 10 heteroatoms. The van der Waals surface area contributed by atoms with Crippen LogP contribution in [0.4, 0.5) is 17.5 Å². The van der Waals surface area contributed by atoms with Crippen LogP contribution in [-0.2, 0) is 4.79 Å². The maximum Gasteiger partial charge on any atom is 0.267 e. The lowest BCUT2D eigenvalue weighted by Gasteiger charge is -2.18. The normalized spacial score (nSPS) is 11.7. The Morgan fingerprint density at radius 2 is 2.00 bits per heavy atom. The number of carbonyl (C=O) groups excluding carboxylic acids is 2. The number of nitrogens with zero attached hydrogens (tertiary/aromatic N) is 1. The number of hydrogen-bond acceptors (Lipinski definition) is 7. The lowest BCUT2D eigenvalue weighted by Crippen LogP contribution is -2.38. The molecule has 0 saturated carbocycles. The number of nitrogens with two attached hydrogens (primary N) is 2. The molecule has 7 N–H and O–H groups in total. The van der Waals surface area contributed by atoms with Gasteiger partial charge in [-0.1, -0.05) is 19.9 Å². The topological polar surface area (TPSA) is 165 Å². The summed E-state index contributed by atoms with van der Waals surface area (Å²) < 4.78 is 5.15. The Balaban J connectivity index is 2.43. The number of methoxy groups -OCH3 is 1. The number of aromatic nitrogens is 2. The van der Waals surface area contributed by atoms with Gasteiger partial charge in [0, 0.05) is 11.8 Å². The molecule has 0 aliphatic heterocycles.